The summed E-state index contributed by atoms with van der Waals surface area (Å²) >= 11 is 0. The molecule has 1 heterocycles. The quantitative estimate of drug-likeness (QED) is 0.381. The van der Waals surface area contributed by atoms with E-state index in [9.17, 15) is 0 Å². The Morgan fingerprint density at radius 1 is 1.30 bits per heavy atom. The van der Waals surface area contributed by atoms with Crippen molar-refractivity contribution >= 4 is 29.9 Å². The third-order valence-electron chi connectivity index (χ3n) is 5.61. The summed E-state index contributed by atoms with van der Waals surface area (Å²) in [4.78, 5) is 4.80. The molecular weight excluding hydrogens is 405 g/mol. The molecular formula is C17H32IN3O2. The highest BCUT2D eigenvalue weighted by atomic mass is 127. The molecule has 0 bridgehead atoms. The second-order valence-corrected chi connectivity index (χ2v) is 7.46. The Kier molecular flexibility index (Phi) is 6.58. The summed E-state index contributed by atoms with van der Waals surface area (Å²) in [5.74, 6) is 0.960. The average Bonchev–Trinajstić information content (AvgIpc) is 2.39. The fraction of sp³-hybridized carbons (Fsp3) is 0.941. The maximum absolute atomic E-state index is 5.93. The first-order chi connectivity index (χ1) is 10.6. The molecule has 3 rings (SSSR count). The molecule has 0 amide bonds. The summed E-state index contributed by atoms with van der Waals surface area (Å²) in [5, 5.41) is 7.07. The van der Waals surface area contributed by atoms with E-state index in [1.807, 2.05) is 0 Å². The molecule has 2 unspecified atom stereocenters. The number of nitrogens with zero attached hydrogens (tertiary/aromatic N) is 1. The molecule has 1 spiro atoms. The Morgan fingerprint density at radius 3 is 2.52 bits per heavy atom. The van der Waals surface area contributed by atoms with Crippen LogP contribution in [0, 0.1) is 10.8 Å². The van der Waals surface area contributed by atoms with Gasteiger partial charge < -0.3 is 20.1 Å². The van der Waals surface area contributed by atoms with Gasteiger partial charge in [0.05, 0.1) is 25.9 Å². The zero-order chi connectivity index (χ0) is 15.6. The highest BCUT2D eigenvalue weighted by Gasteiger charge is 2.59. The van der Waals surface area contributed by atoms with E-state index in [2.05, 4.69) is 31.4 Å². The maximum atomic E-state index is 5.93. The summed E-state index contributed by atoms with van der Waals surface area (Å²) in [6, 6.07) is 0.515. The van der Waals surface area contributed by atoms with E-state index in [1.165, 1.54) is 19.3 Å². The van der Waals surface area contributed by atoms with E-state index in [0.717, 1.165) is 45.3 Å². The number of hydrogen-bond donors (Lipinski definition) is 2. The first-order valence-electron chi connectivity index (χ1n) is 8.86. The first kappa shape index (κ1) is 19.2. The van der Waals surface area contributed by atoms with Gasteiger partial charge >= 0.3 is 0 Å². The van der Waals surface area contributed by atoms with E-state index in [1.54, 1.807) is 0 Å². The number of aliphatic imine (C=N–C) groups is 1. The predicted molar refractivity (Wildman–Crippen MR) is 104 cm³/mol. The van der Waals surface area contributed by atoms with Crippen LogP contribution in [0.4, 0.5) is 0 Å². The fourth-order valence-corrected chi connectivity index (χ4v) is 3.94. The van der Waals surface area contributed by atoms with E-state index in [4.69, 9.17) is 14.5 Å². The molecule has 5 nitrogen and oxygen atoms in total. The molecule has 0 radical (unpaired) electrons. The Labute approximate surface area is 157 Å². The molecule has 0 aromatic carbocycles. The van der Waals surface area contributed by atoms with Gasteiger partial charge in [0.2, 0.25) is 0 Å². The highest BCUT2D eigenvalue weighted by Crippen LogP contribution is 2.57. The van der Waals surface area contributed by atoms with E-state index < -0.39 is 0 Å². The van der Waals surface area contributed by atoms with Gasteiger partial charge in [0.25, 0.3) is 0 Å². The van der Waals surface area contributed by atoms with Crippen LogP contribution in [0.1, 0.15) is 46.5 Å². The van der Waals surface area contributed by atoms with Crippen molar-refractivity contribution in [3.05, 3.63) is 0 Å². The third-order valence-corrected chi connectivity index (χ3v) is 5.61. The largest absolute Gasteiger partial charge is 0.380 e. The van der Waals surface area contributed by atoms with Crippen LogP contribution in [0.5, 0.6) is 0 Å². The molecule has 3 fully saturated rings. The maximum Gasteiger partial charge on any atom is 0.191 e. The number of halogens is 1. The molecule has 2 saturated carbocycles. The molecule has 3 aliphatic rings. The van der Waals surface area contributed by atoms with Crippen LogP contribution >= 0.6 is 24.0 Å². The molecule has 0 aromatic heterocycles. The van der Waals surface area contributed by atoms with E-state index in [0.29, 0.717) is 17.6 Å². The normalized spacial score (nSPS) is 30.5. The lowest BCUT2D eigenvalue weighted by atomic mass is 9.51. The van der Waals surface area contributed by atoms with Crippen LogP contribution in [0.3, 0.4) is 0 Å². The van der Waals surface area contributed by atoms with Gasteiger partial charge in [0.15, 0.2) is 5.96 Å². The van der Waals surface area contributed by atoms with Gasteiger partial charge in [0, 0.05) is 30.0 Å². The monoisotopic (exact) mass is 437 g/mol. The van der Waals surface area contributed by atoms with Crippen molar-refractivity contribution in [3.8, 4) is 0 Å². The molecule has 1 saturated heterocycles. The van der Waals surface area contributed by atoms with Gasteiger partial charge in [-0.25, -0.2) is 0 Å². The Hall–Kier alpha value is -0.0800. The molecule has 0 aromatic rings. The van der Waals surface area contributed by atoms with Crippen LogP contribution in [-0.4, -0.2) is 51.0 Å². The van der Waals surface area contributed by atoms with E-state index >= 15 is 0 Å². The molecule has 2 atom stereocenters. The topological polar surface area (TPSA) is 54.9 Å². The first-order valence-corrected chi connectivity index (χ1v) is 8.86. The highest BCUT2D eigenvalue weighted by molar-refractivity contribution is 14.0. The summed E-state index contributed by atoms with van der Waals surface area (Å²) in [6.07, 6.45) is 5.48. The van der Waals surface area contributed by atoms with Crippen LogP contribution < -0.4 is 10.6 Å². The van der Waals surface area contributed by atoms with Crippen molar-refractivity contribution in [1.82, 2.24) is 10.6 Å². The van der Waals surface area contributed by atoms with Crippen molar-refractivity contribution in [2.24, 2.45) is 15.8 Å². The molecule has 134 valence electrons. The smallest absolute Gasteiger partial charge is 0.191 e. The molecule has 2 aliphatic carbocycles. The van der Waals surface area contributed by atoms with Crippen molar-refractivity contribution in [2.45, 2.75) is 58.6 Å². The molecule has 2 N–H and O–H groups in total. The van der Waals surface area contributed by atoms with Crippen LogP contribution in [0.25, 0.3) is 0 Å². The van der Waals surface area contributed by atoms with Gasteiger partial charge in [-0.05, 0) is 33.1 Å². The second kappa shape index (κ2) is 7.87. The minimum absolute atomic E-state index is 0. The minimum Gasteiger partial charge on any atom is -0.380 e. The molecule has 1 aliphatic heterocycles. The Morgan fingerprint density at radius 2 is 2.04 bits per heavy atom. The average molecular weight is 437 g/mol. The second-order valence-electron chi connectivity index (χ2n) is 7.46. The number of nitrogens with one attached hydrogen (secondary N) is 2. The Balaban J connectivity index is 0.00000192. The van der Waals surface area contributed by atoms with Gasteiger partial charge in [-0.15, -0.1) is 24.0 Å². The molecule has 23 heavy (non-hydrogen) atoms. The number of ether oxygens (including phenoxy) is 2. The fourth-order valence-electron chi connectivity index (χ4n) is 3.94. The van der Waals surface area contributed by atoms with Crippen LogP contribution in [-0.2, 0) is 9.47 Å². The predicted octanol–water partition coefficient (Wildman–Crippen LogP) is 2.54. The minimum atomic E-state index is 0. The number of guanidine groups is 1. The van der Waals surface area contributed by atoms with Gasteiger partial charge in [-0.3, -0.25) is 4.99 Å². The van der Waals surface area contributed by atoms with Crippen molar-refractivity contribution in [2.75, 3.05) is 32.9 Å². The molecule has 6 heteroatoms. The lowest BCUT2D eigenvalue weighted by Crippen LogP contribution is -2.68. The van der Waals surface area contributed by atoms with Crippen molar-refractivity contribution in [3.63, 3.8) is 0 Å². The van der Waals surface area contributed by atoms with Gasteiger partial charge in [-0.2, -0.15) is 0 Å². The Bertz CT molecular complexity index is 422. The summed E-state index contributed by atoms with van der Waals surface area (Å²) in [6.45, 7) is 10.7. The lowest BCUT2D eigenvalue weighted by molar-refractivity contribution is -0.168. The summed E-state index contributed by atoms with van der Waals surface area (Å²) in [7, 11) is 0. The van der Waals surface area contributed by atoms with Crippen LogP contribution in [0.2, 0.25) is 0 Å². The summed E-state index contributed by atoms with van der Waals surface area (Å²) in [5.41, 5.74) is 0.597. The van der Waals surface area contributed by atoms with E-state index in [-0.39, 0.29) is 29.4 Å². The van der Waals surface area contributed by atoms with Gasteiger partial charge in [-0.1, -0.05) is 13.3 Å². The lowest BCUT2D eigenvalue weighted by Gasteiger charge is -2.61. The summed E-state index contributed by atoms with van der Waals surface area (Å²) < 4.78 is 11.2. The van der Waals surface area contributed by atoms with Crippen LogP contribution in [0.15, 0.2) is 4.99 Å². The van der Waals surface area contributed by atoms with Gasteiger partial charge in [0.1, 0.15) is 0 Å². The SMILES string of the molecule is CCNC(=NCC1(C)COC1)NC1CC(OCC)C12CCC2.I. The van der Waals surface area contributed by atoms with Crippen molar-refractivity contribution in [1.29, 1.82) is 0 Å². The number of hydrogen-bond acceptors (Lipinski definition) is 3. The third kappa shape index (κ3) is 3.79. The number of rotatable bonds is 6. The zero-order valence-corrected chi connectivity index (χ0v) is 17.0. The van der Waals surface area contributed by atoms with Crippen molar-refractivity contribution < 1.29 is 9.47 Å². The zero-order valence-electron chi connectivity index (χ0n) is 14.7. The standard InChI is InChI=1S/C17H31N3O2.HI/c1-4-18-15(19-10-16(3)11-21-12-16)20-13-9-14(22-5-2)17(13)7-6-8-17;/h13-14H,4-12H2,1-3H3,(H2,18,19,20);1H.